The molecule has 0 radical (unpaired) electrons. The van der Waals surface area contributed by atoms with E-state index in [1.807, 2.05) is 6.07 Å². The molecule has 5 heteroatoms. The maximum Gasteiger partial charge on any atom is 0.168 e. The van der Waals surface area contributed by atoms with Crippen LogP contribution < -0.4 is 15.8 Å². The molecule has 0 spiro atoms. The Labute approximate surface area is 116 Å². The molecule has 0 fully saturated rings. The van der Waals surface area contributed by atoms with E-state index in [9.17, 15) is 4.39 Å². The number of rotatable bonds is 4. The number of benzene rings is 2. The number of thiocarbonyl (C=S) groups is 1. The lowest BCUT2D eigenvalue weighted by Gasteiger charge is -2.08. The van der Waals surface area contributed by atoms with Gasteiger partial charge in [0.15, 0.2) is 5.11 Å². The highest BCUT2D eigenvalue weighted by atomic mass is 32.1. The number of hydrogen-bond donors (Lipinski definition) is 2. The van der Waals surface area contributed by atoms with Gasteiger partial charge in [-0.15, -0.1) is 0 Å². The van der Waals surface area contributed by atoms with Crippen LogP contribution in [-0.4, -0.2) is 5.11 Å². The summed E-state index contributed by atoms with van der Waals surface area (Å²) < 4.78 is 18.5. The Morgan fingerprint density at radius 1 is 1.21 bits per heavy atom. The van der Waals surface area contributed by atoms with Crippen LogP contribution >= 0.6 is 12.2 Å². The van der Waals surface area contributed by atoms with E-state index in [4.69, 9.17) is 22.7 Å². The molecular weight excluding hydrogens is 263 g/mol. The minimum atomic E-state index is -0.267. The van der Waals surface area contributed by atoms with Crippen molar-refractivity contribution in [1.82, 2.24) is 0 Å². The summed E-state index contributed by atoms with van der Waals surface area (Å²) in [5.41, 5.74) is 6.94. The van der Waals surface area contributed by atoms with Crippen molar-refractivity contribution in [3.05, 3.63) is 59.9 Å². The van der Waals surface area contributed by atoms with Crippen LogP contribution in [0.1, 0.15) is 5.56 Å². The molecule has 3 nitrogen and oxygen atoms in total. The zero-order valence-corrected chi connectivity index (χ0v) is 10.9. The summed E-state index contributed by atoms with van der Waals surface area (Å²) in [6.45, 7) is 0.319. The second-order valence-corrected chi connectivity index (χ2v) is 4.37. The molecule has 0 aliphatic carbocycles. The zero-order valence-electron chi connectivity index (χ0n) is 10.1. The van der Waals surface area contributed by atoms with Gasteiger partial charge in [-0.1, -0.05) is 12.1 Å². The lowest BCUT2D eigenvalue weighted by molar-refractivity contribution is 0.305. The molecule has 0 saturated heterocycles. The summed E-state index contributed by atoms with van der Waals surface area (Å²) in [5, 5.41) is 3.03. The lowest BCUT2D eigenvalue weighted by atomic mass is 10.2. The molecule has 2 aromatic carbocycles. The quantitative estimate of drug-likeness (QED) is 0.843. The van der Waals surface area contributed by atoms with Crippen LogP contribution in [0.4, 0.5) is 10.1 Å². The van der Waals surface area contributed by atoms with Crippen molar-refractivity contribution in [2.75, 3.05) is 5.32 Å². The molecule has 0 atom stereocenters. The lowest BCUT2D eigenvalue weighted by Crippen LogP contribution is -2.18. The average Bonchev–Trinajstić information content (AvgIpc) is 2.37. The van der Waals surface area contributed by atoms with E-state index < -0.39 is 0 Å². The topological polar surface area (TPSA) is 47.3 Å². The summed E-state index contributed by atoms with van der Waals surface area (Å²) in [6, 6.07) is 13.5. The van der Waals surface area contributed by atoms with Crippen LogP contribution in [0.3, 0.4) is 0 Å². The fraction of sp³-hybridized carbons (Fsp3) is 0.0714. The third kappa shape index (κ3) is 4.22. The molecule has 0 aromatic heterocycles. The molecule has 0 aliphatic heterocycles. The third-order valence-corrected chi connectivity index (χ3v) is 2.52. The molecule has 2 aromatic rings. The highest BCUT2D eigenvalue weighted by Gasteiger charge is 1.99. The van der Waals surface area contributed by atoms with Gasteiger partial charge in [0.2, 0.25) is 0 Å². The standard InChI is InChI=1S/C14H13FN2OS/c15-11-3-1-2-10(8-11)9-18-13-6-4-12(5-7-13)17-14(16)19/h1-8H,9H2,(H3,16,17,19). The van der Waals surface area contributed by atoms with Gasteiger partial charge in [0.25, 0.3) is 0 Å². The number of ether oxygens (including phenoxy) is 1. The molecule has 0 aliphatic rings. The van der Waals surface area contributed by atoms with Crippen LogP contribution in [0.15, 0.2) is 48.5 Å². The third-order valence-electron chi connectivity index (χ3n) is 2.42. The first-order valence-electron chi connectivity index (χ1n) is 5.67. The first-order chi connectivity index (χ1) is 9.13. The van der Waals surface area contributed by atoms with Crippen LogP contribution in [-0.2, 0) is 6.61 Å². The van der Waals surface area contributed by atoms with Gasteiger partial charge in [0.1, 0.15) is 18.2 Å². The Balaban J connectivity index is 1.94. The van der Waals surface area contributed by atoms with Crippen molar-refractivity contribution in [2.24, 2.45) is 5.73 Å². The van der Waals surface area contributed by atoms with Gasteiger partial charge in [0.05, 0.1) is 0 Å². The van der Waals surface area contributed by atoms with E-state index in [1.54, 1.807) is 30.3 Å². The fourth-order valence-electron chi connectivity index (χ4n) is 1.57. The molecule has 0 heterocycles. The van der Waals surface area contributed by atoms with Gasteiger partial charge in [-0.3, -0.25) is 0 Å². The first kappa shape index (κ1) is 13.3. The van der Waals surface area contributed by atoms with E-state index in [2.05, 4.69) is 5.32 Å². The number of nitrogens with one attached hydrogen (secondary N) is 1. The minimum Gasteiger partial charge on any atom is -0.489 e. The van der Waals surface area contributed by atoms with E-state index in [0.29, 0.717) is 12.4 Å². The Hall–Kier alpha value is -2.14. The molecule has 2 rings (SSSR count). The summed E-state index contributed by atoms with van der Waals surface area (Å²) in [4.78, 5) is 0. The Kier molecular flexibility index (Phi) is 4.30. The zero-order chi connectivity index (χ0) is 13.7. The van der Waals surface area contributed by atoms with Crippen molar-refractivity contribution in [1.29, 1.82) is 0 Å². The summed E-state index contributed by atoms with van der Waals surface area (Å²) >= 11 is 4.74. The van der Waals surface area contributed by atoms with Crippen LogP contribution in [0, 0.1) is 5.82 Å². The van der Waals surface area contributed by atoms with Crippen LogP contribution in [0.25, 0.3) is 0 Å². The van der Waals surface area contributed by atoms with Gasteiger partial charge in [0, 0.05) is 5.69 Å². The molecule has 19 heavy (non-hydrogen) atoms. The summed E-state index contributed by atoms with van der Waals surface area (Å²) in [6.07, 6.45) is 0. The largest absolute Gasteiger partial charge is 0.489 e. The predicted octanol–water partition coefficient (Wildman–Crippen LogP) is 3.06. The average molecular weight is 276 g/mol. The first-order valence-corrected chi connectivity index (χ1v) is 6.08. The molecular formula is C14H13FN2OS. The Morgan fingerprint density at radius 3 is 2.58 bits per heavy atom. The maximum absolute atomic E-state index is 13.0. The second kappa shape index (κ2) is 6.15. The Bertz CT molecular complexity index is 572. The fourth-order valence-corrected chi connectivity index (χ4v) is 1.69. The van der Waals surface area contributed by atoms with Gasteiger partial charge in [-0.2, -0.15) is 0 Å². The van der Waals surface area contributed by atoms with Gasteiger partial charge in [-0.05, 0) is 54.2 Å². The number of anilines is 1. The number of hydrogen-bond acceptors (Lipinski definition) is 2. The van der Waals surface area contributed by atoms with Crippen molar-refractivity contribution in [3.63, 3.8) is 0 Å². The van der Waals surface area contributed by atoms with Gasteiger partial charge in [-0.25, -0.2) is 4.39 Å². The molecule has 0 amide bonds. The van der Waals surface area contributed by atoms with Crippen LogP contribution in [0.5, 0.6) is 5.75 Å². The van der Waals surface area contributed by atoms with E-state index in [-0.39, 0.29) is 10.9 Å². The van der Waals surface area contributed by atoms with E-state index in [0.717, 1.165) is 11.3 Å². The monoisotopic (exact) mass is 276 g/mol. The van der Waals surface area contributed by atoms with E-state index in [1.165, 1.54) is 12.1 Å². The number of nitrogens with two attached hydrogens (primary N) is 1. The smallest absolute Gasteiger partial charge is 0.168 e. The highest BCUT2D eigenvalue weighted by molar-refractivity contribution is 7.80. The van der Waals surface area contributed by atoms with Crippen molar-refractivity contribution in [2.45, 2.75) is 6.61 Å². The maximum atomic E-state index is 13.0. The van der Waals surface area contributed by atoms with Crippen molar-refractivity contribution >= 4 is 23.0 Å². The molecule has 0 bridgehead atoms. The highest BCUT2D eigenvalue weighted by Crippen LogP contribution is 2.17. The van der Waals surface area contributed by atoms with Gasteiger partial charge < -0.3 is 15.8 Å². The molecule has 98 valence electrons. The van der Waals surface area contributed by atoms with Crippen molar-refractivity contribution in [3.8, 4) is 5.75 Å². The van der Waals surface area contributed by atoms with Crippen molar-refractivity contribution < 1.29 is 9.13 Å². The summed E-state index contributed by atoms with van der Waals surface area (Å²) in [7, 11) is 0. The normalized spacial score (nSPS) is 9.95. The minimum absolute atomic E-state index is 0.216. The Morgan fingerprint density at radius 2 is 1.95 bits per heavy atom. The van der Waals surface area contributed by atoms with Gasteiger partial charge >= 0.3 is 0 Å². The molecule has 3 N–H and O–H groups in total. The number of halogens is 1. The predicted molar refractivity (Wildman–Crippen MR) is 77.6 cm³/mol. The van der Waals surface area contributed by atoms with Crippen LogP contribution in [0.2, 0.25) is 0 Å². The second-order valence-electron chi connectivity index (χ2n) is 3.93. The summed E-state index contributed by atoms with van der Waals surface area (Å²) in [5.74, 6) is 0.426. The SMILES string of the molecule is NC(=S)Nc1ccc(OCc2cccc(F)c2)cc1. The molecule has 0 saturated carbocycles. The van der Waals surface area contributed by atoms with E-state index >= 15 is 0 Å². The molecule has 0 unspecified atom stereocenters.